The Morgan fingerprint density at radius 3 is 2.89 bits per heavy atom. The lowest BCUT2D eigenvalue weighted by molar-refractivity contribution is -0.121. The number of amides is 1. The standard InChI is InChI=1S/C14H27NO3/c1-14(2,11-16)8-4-9-15-13(17)7-6-12-5-3-10-18-12/h12,16H,3-11H2,1-2H3,(H,15,17). The van der Waals surface area contributed by atoms with Crippen molar-refractivity contribution in [3.8, 4) is 0 Å². The molecule has 18 heavy (non-hydrogen) atoms. The fourth-order valence-corrected chi connectivity index (χ4v) is 2.13. The van der Waals surface area contributed by atoms with E-state index in [2.05, 4.69) is 5.32 Å². The summed E-state index contributed by atoms with van der Waals surface area (Å²) in [5.41, 5.74) is -0.0393. The number of aliphatic hydroxyl groups excluding tert-OH is 1. The van der Waals surface area contributed by atoms with Crippen LogP contribution in [0, 0.1) is 5.41 Å². The number of carbonyl (C=O) groups is 1. The summed E-state index contributed by atoms with van der Waals surface area (Å²) in [6, 6.07) is 0. The lowest BCUT2D eigenvalue weighted by Gasteiger charge is -2.21. The van der Waals surface area contributed by atoms with Crippen LogP contribution in [0.1, 0.15) is 52.4 Å². The van der Waals surface area contributed by atoms with Gasteiger partial charge in [-0.3, -0.25) is 4.79 Å². The van der Waals surface area contributed by atoms with Crippen molar-refractivity contribution in [2.45, 2.75) is 58.5 Å². The molecule has 1 rings (SSSR count). The van der Waals surface area contributed by atoms with Gasteiger partial charge in [0.15, 0.2) is 0 Å². The maximum atomic E-state index is 11.6. The Morgan fingerprint density at radius 2 is 2.28 bits per heavy atom. The van der Waals surface area contributed by atoms with Gasteiger partial charge in [0.05, 0.1) is 6.10 Å². The number of aliphatic hydroxyl groups is 1. The predicted octanol–water partition coefficient (Wildman–Crippen LogP) is 1.86. The van der Waals surface area contributed by atoms with E-state index in [1.807, 2.05) is 13.8 Å². The van der Waals surface area contributed by atoms with Crippen molar-refractivity contribution in [3.63, 3.8) is 0 Å². The van der Waals surface area contributed by atoms with Crippen molar-refractivity contribution in [2.75, 3.05) is 19.8 Å². The van der Waals surface area contributed by atoms with Gasteiger partial charge in [0.25, 0.3) is 0 Å². The molecule has 1 amide bonds. The topological polar surface area (TPSA) is 58.6 Å². The molecule has 1 saturated heterocycles. The van der Waals surface area contributed by atoms with Gasteiger partial charge in [0.2, 0.25) is 5.91 Å². The molecule has 0 aromatic carbocycles. The lowest BCUT2D eigenvalue weighted by atomic mass is 9.89. The van der Waals surface area contributed by atoms with Gasteiger partial charge in [-0.1, -0.05) is 13.8 Å². The van der Waals surface area contributed by atoms with Gasteiger partial charge in [-0.25, -0.2) is 0 Å². The molecule has 1 atom stereocenters. The van der Waals surface area contributed by atoms with Crippen molar-refractivity contribution >= 4 is 5.91 Å². The summed E-state index contributed by atoms with van der Waals surface area (Å²) in [7, 11) is 0. The first-order chi connectivity index (χ1) is 8.53. The number of nitrogens with one attached hydrogen (secondary N) is 1. The average molecular weight is 257 g/mol. The average Bonchev–Trinajstić information content (AvgIpc) is 2.85. The second kappa shape index (κ2) is 7.74. The second-order valence-corrected chi connectivity index (χ2v) is 5.95. The first-order valence-electron chi connectivity index (χ1n) is 7.03. The second-order valence-electron chi connectivity index (χ2n) is 5.95. The zero-order valence-electron chi connectivity index (χ0n) is 11.7. The molecule has 4 heteroatoms. The number of hydrogen-bond acceptors (Lipinski definition) is 3. The largest absolute Gasteiger partial charge is 0.396 e. The van der Waals surface area contributed by atoms with Crippen molar-refractivity contribution in [3.05, 3.63) is 0 Å². The Hall–Kier alpha value is -0.610. The third-order valence-electron chi connectivity index (χ3n) is 3.50. The molecule has 0 aliphatic carbocycles. The minimum absolute atomic E-state index is 0.0393. The van der Waals surface area contributed by atoms with Gasteiger partial charge >= 0.3 is 0 Å². The molecule has 1 unspecified atom stereocenters. The first-order valence-corrected chi connectivity index (χ1v) is 7.03. The van der Waals surface area contributed by atoms with Gasteiger partial charge < -0.3 is 15.2 Å². The zero-order valence-corrected chi connectivity index (χ0v) is 11.7. The third kappa shape index (κ3) is 6.36. The fourth-order valence-electron chi connectivity index (χ4n) is 2.13. The van der Waals surface area contributed by atoms with Crippen LogP contribution in [0.3, 0.4) is 0 Å². The van der Waals surface area contributed by atoms with Crippen molar-refractivity contribution in [1.82, 2.24) is 5.32 Å². The maximum absolute atomic E-state index is 11.6. The Bertz CT molecular complexity index is 247. The first kappa shape index (κ1) is 15.4. The van der Waals surface area contributed by atoms with E-state index >= 15 is 0 Å². The Labute approximate surface area is 110 Å². The maximum Gasteiger partial charge on any atom is 0.220 e. The van der Waals surface area contributed by atoms with Crippen LogP contribution in [0.2, 0.25) is 0 Å². The number of carbonyl (C=O) groups excluding carboxylic acids is 1. The SMILES string of the molecule is CC(C)(CO)CCCNC(=O)CCC1CCCO1. The minimum Gasteiger partial charge on any atom is -0.396 e. The van der Waals surface area contributed by atoms with Crippen molar-refractivity contribution in [1.29, 1.82) is 0 Å². The normalized spacial score (nSPS) is 20.1. The van der Waals surface area contributed by atoms with Crippen LogP contribution < -0.4 is 5.32 Å². The minimum atomic E-state index is -0.0393. The molecular weight excluding hydrogens is 230 g/mol. The van der Waals surface area contributed by atoms with Crippen LogP contribution in [0.5, 0.6) is 0 Å². The summed E-state index contributed by atoms with van der Waals surface area (Å²) >= 11 is 0. The van der Waals surface area contributed by atoms with Crippen molar-refractivity contribution in [2.24, 2.45) is 5.41 Å². The molecule has 0 saturated carbocycles. The predicted molar refractivity (Wildman–Crippen MR) is 71.3 cm³/mol. The molecule has 0 aromatic rings. The van der Waals surface area contributed by atoms with Crippen LogP contribution in [0.25, 0.3) is 0 Å². The summed E-state index contributed by atoms with van der Waals surface area (Å²) in [6.07, 6.45) is 5.76. The van der Waals surface area contributed by atoms with Crippen molar-refractivity contribution < 1.29 is 14.6 Å². The fraction of sp³-hybridized carbons (Fsp3) is 0.929. The number of ether oxygens (including phenoxy) is 1. The molecule has 0 spiro atoms. The van der Waals surface area contributed by atoms with Gasteiger partial charge in [0.1, 0.15) is 0 Å². The quantitative estimate of drug-likeness (QED) is 0.653. The van der Waals surface area contributed by atoms with Gasteiger partial charge in [-0.05, 0) is 37.5 Å². The number of rotatable bonds is 8. The summed E-state index contributed by atoms with van der Waals surface area (Å²) < 4.78 is 5.48. The smallest absolute Gasteiger partial charge is 0.220 e. The molecule has 0 aromatic heterocycles. The molecule has 0 bridgehead atoms. The van der Waals surface area contributed by atoms with Crippen LogP contribution >= 0.6 is 0 Å². The molecule has 2 N–H and O–H groups in total. The third-order valence-corrected chi connectivity index (χ3v) is 3.50. The highest BCUT2D eigenvalue weighted by Crippen LogP contribution is 2.20. The Kier molecular flexibility index (Phi) is 6.65. The van der Waals surface area contributed by atoms with E-state index in [0.717, 1.165) is 38.7 Å². The highest BCUT2D eigenvalue weighted by atomic mass is 16.5. The molecular formula is C14H27NO3. The molecule has 106 valence electrons. The lowest BCUT2D eigenvalue weighted by Crippen LogP contribution is -2.27. The molecule has 1 aliphatic heterocycles. The van der Waals surface area contributed by atoms with Gasteiger partial charge in [-0.15, -0.1) is 0 Å². The molecule has 1 heterocycles. The zero-order chi connectivity index (χ0) is 13.4. The Balaban J connectivity index is 1.99. The summed E-state index contributed by atoms with van der Waals surface area (Å²) in [6.45, 7) is 5.81. The van der Waals surface area contributed by atoms with Crippen LogP contribution in [-0.2, 0) is 9.53 Å². The Morgan fingerprint density at radius 1 is 1.50 bits per heavy atom. The summed E-state index contributed by atoms with van der Waals surface area (Å²) in [5, 5.41) is 12.0. The molecule has 0 radical (unpaired) electrons. The van der Waals surface area contributed by atoms with Crippen LogP contribution in [0.15, 0.2) is 0 Å². The number of hydrogen-bond donors (Lipinski definition) is 2. The van der Waals surface area contributed by atoms with E-state index in [4.69, 9.17) is 9.84 Å². The van der Waals surface area contributed by atoms with E-state index in [1.54, 1.807) is 0 Å². The molecule has 1 fully saturated rings. The van der Waals surface area contributed by atoms with Crippen LogP contribution in [0.4, 0.5) is 0 Å². The molecule has 4 nitrogen and oxygen atoms in total. The van der Waals surface area contributed by atoms with E-state index < -0.39 is 0 Å². The van der Waals surface area contributed by atoms with Gasteiger partial charge in [0, 0.05) is 26.2 Å². The summed E-state index contributed by atoms with van der Waals surface area (Å²) in [5.74, 6) is 0.118. The highest BCUT2D eigenvalue weighted by molar-refractivity contribution is 5.75. The van der Waals surface area contributed by atoms with E-state index in [-0.39, 0.29) is 17.9 Å². The monoisotopic (exact) mass is 257 g/mol. The van der Waals surface area contributed by atoms with E-state index in [9.17, 15) is 4.79 Å². The van der Waals surface area contributed by atoms with E-state index in [0.29, 0.717) is 19.1 Å². The molecule has 1 aliphatic rings. The summed E-state index contributed by atoms with van der Waals surface area (Å²) in [4.78, 5) is 11.6. The highest BCUT2D eigenvalue weighted by Gasteiger charge is 2.17. The van der Waals surface area contributed by atoms with Crippen LogP contribution in [-0.4, -0.2) is 36.9 Å². The van der Waals surface area contributed by atoms with Gasteiger partial charge in [-0.2, -0.15) is 0 Å². The van der Waals surface area contributed by atoms with E-state index in [1.165, 1.54) is 0 Å².